The first-order valence-electron chi connectivity index (χ1n) is 6.13. The minimum Gasteiger partial charge on any atom is -0.451 e. The Bertz CT molecular complexity index is 822. The van der Waals surface area contributed by atoms with Gasteiger partial charge in [0.2, 0.25) is 0 Å². The van der Waals surface area contributed by atoms with Crippen LogP contribution >= 0.6 is 0 Å². The van der Waals surface area contributed by atoms with E-state index in [1.54, 1.807) is 36.4 Å². The maximum absolute atomic E-state index is 12.1. The molecule has 0 aliphatic rings. The van der Waals surface area contributed by atoms with Crippen molar-refractivity contribution >= 4 is 22.6 Å². The summed E-state index contributed by atoms with van der Waals surface area (Å²) in [6.07, 6.45) is 0. The summed E-state index contributed by atoms with van der Waals surface area (Å²) in [5.41, 5.74) is 0.816. The Hall–Kier alpha value is -2.88. The molecule has 0 radical (unpaired) electrons. The Morgan fingerprint density at radius 3 is 2.45 bits per heavy atom. The van der Waals surface area contributed by atoms with Gasteiger partial charge in [0.25, 0.3) is 5.91 Å². The summed E-state index contributed by atoms with van der Waals surface area (Å²) in [6, 6.07) is 17.0. The molecule has 1 heterocycles. The van der Waals surface area contributed by atoms with E-state index in [4.69, 9.17) is 4.42 Å². The molecule has 98 valence electrons. The Morgan fingerprint density at radius 2 is 1.65 bits per heavy atom. The number of anilines is 1. The number of hydrogen-bond donors (Lipinski definition) is 1. The van der Waals surface area contributed by atoms with Gasteiger partial charge in [-0.2, -0.15) is 0 Å². The van der Waals surface area contributed by atoms with Crippen molar-refractivity contribution in [2.24, 2.45) is 0 Å². The molecule has 0 atom stereocenters. The number of carbonyl (C=O) groups is 1. The second-order valence-electron chi connectivity index (χ2n) is 4.29. The fraction of sp³-hybridized carbons (Fsp3) is 0. The minimum absolute atomic E-state index is 0.00227. The number of nitrogens with one attached hydrogen (secondary N) is 1. The highest BCUT2D eigenvalue weighted by molar-refractivity contribution is 6.02. The topological polar surface area (TPSA) is 59.3 Å². The van der Waals surface area contributed by atoms with Gasteiger partial charge in [-0.15, -0.1) is 0 Å². The van der Waals surface area contributed by atoms with Gasteiger partial charge >= 0.3 is 0 Å². The smallest absolute Gasteiger partial charge is 0.291 e. The van der Waals surface area contributed by atoms with E-state index >= 15 is 0 Å². The van der Waals surface area contributed by atoms with Gasteiger partial charge < -0.3 is 9.73 Å². The van der Waals surface area contributed by atoms with Crippen LogP contribution in [0.5, 0.6) is 0 Å². The molecule has 3 aromatic rings. The zero-order chi connectivity index (χ0) is 13.9. The molecule has 0 bridgehead atoms. The zero-order valence-corrected chi connectivity index (χ0v) is 10.5. The van der Waals surface area contributed by atoms with E-state index in [0.717, 1.165) is 0 Å². The van der Waals surface area contributed by atoms with Crippen LogP contribution in [0.15, 0.2) is 69.9 Å². The van der Waals surface area contributed by atoms with E-state index in [9.17, 15) is 9.59 Å². The summed E-state index contributed by atoms with van der Waals surface area (Å²) in [5.74, 6) is -0.448. The van der Waals surface area contributed by atoms with Crippen LogP contribution in [0.25, 0.3) is 11.0 Å². The average Bonchev–Trinajstić information content (AvgIpc) is 2.48. The SMILES string of the molecule is O=C(Nc1ccccc1)c1cc(=O)c2ccccc2o1. The zero-order valence-electron chi connectivity index (χ0n) is 10.5. The molecule has 4 nitrogen and oxygen atoms in total. The molecule has 0 spiro atoms. The molecule has 1 N–H and O–H groups in total. The van der Waals surface area contributed by atoms with Crippen LogP contribution in [-0.4, -0.2) is 5.91 Å². The van der Waals surface area contributed by atoms with Gasteiger partial charge in [0.05, 0.1) is 5.39 Å². The lowest BCUT2D eigenvalue weighted by Crippen LogP contribution is -2.14. The molecule has 3 rings (SSSR count). The van der Waals surface area contributed by atoms with Gasteiger partial charge in [0.15, 0.2) is 11.2 Å². The Balaban J connectivity index is 1.98. The number of benzene rings is 2. The van der Waals surface area contributed by atoms with Crippen molar-refractivity contribution in [2.75, 3.05) is 5.32 Å². The molecule has 0 unspecified atom stereocenters. The number of para-hydroxylation sites is 2. The molecule has 0 aliphatic heterocycles. The molecular formula is C16H11NO3. The fourth-order valence-electron chi connectivity index (χ4n) is 1.93. The summed E-state index contributed by atoms with van der Waals surface area (Å²) in [4.78, 5) is 24.0. The van der Waals surface area contributed by atoms with Crippen LogP contribution in [0.3, 0.4) is 0 Å². The van der Waals surface area contributed by atoms with E-state index in [2.05, 4.69) is 5.32 Å². The van der Waals surface area contributed by atoms with Gasteiger partial charge in [-0.1, -0.05) is 30.3 Å². The highest BCUT2D eigenvalue weighted by atomic mass is 16.3. The van der Waals surface area contributed by atoms with Crippen LogP contribution in [0.4, 0.5) is 5.69 Å². The number of hydrogen-bond acceptors (Lipinski definition) is 3. The second-order valence-corrected chi connectivity index (χ2v) is 4.29. The third-order valence-corrected chi connectivity index (χ3v) is 2.89. The highest BCUT2D eigenvalue weighted by Crippen LogP contribution is 2.13. The maximum atomic E-state index is 12.1. The van der Waals surface area contributed by atoms with Gasteiger partial charge in [0, 0.05) is 11.8 Å². The molecular weight excluding hydrogens is 254 g/mol. The van der Waals surface area contributed by atoms with Gasteiger partial charge in [-0.25, -0.2) is 0 Å². The van der Waals surface area contributed by atoms with E-state index in [1.165, 1.54) is 6.07 Å². The Kier molecular flexibility index (Phi) is 3.05. The van der Waals surface area contributed by atoms with Crippen LogP contribution < -0.4 is 10.7 Å². The predicted molar refractivity (Wildman–Crippen MR) is 76.9 cm³/mol. The van der Waals surface area contributed by atoms with Gasteiger partial charge in [0.1, 0.15) is 5.58 Å². The van der Waals surface area contributed by atoms with Crippen LogP contribution in [0.1, 0.15) is 10.6 Å². The molecule has 0 fully saturated rings. The van der Waals surface area contributed by atoms with Crippen LogP contribution in [0, 0.1) is 0 Å². The molecule has 4 heteroatoms. The van der Waals surface area contributed by atoms with Gasteiger partial charge in [-0.05, 0) is 24.3 Å². The van der Waals surface area contributed by atoms with E-state index in [1.807, 2.05) is 18.2 Å². The Labute approximate surface area is 114 Å². The first kappa shape index (κ1) is 12.2. The Morgan fingerprint density at radius 1 is 0.950 bits per heavy atom. The van der Waals surface area contributed by atoms with E-state index < -0.39 is 5.91 Å². The van der Waals surface area contributed by atoms with Crippen molar-refractivity contribution in [1.29, 1.82) is 0 Å². The van der Waals surface area contributed by atoms with Crippen molar-refractivity contribution in [1.82, 2.24) is 0 Å². The van der Waals surface area contributed by atoms with Crippen molar-refractivity contribution in [3.05, 3.63) is 76.6 Å². The standard InChI is InChI=1S/C16H11NO3/c18-13-10-15(20-14-9-5-4-8-12(13)14)16(19)17-11-6-2-1-3-7-11/h1-10H,(H,17,19). The van der Waals surface area contributed by atoms with Crippen LogP contribution in [-0.2, 0) is 0 Å². The van der Waals surface area contributed by atoms with E-state index in [0.29, 0.717) is 16.7 Å². The molecule has 1 amide bonds. The number of carbonyl (C=O) groups excluding carboxylic acids is 1. The van der Waals surface area contributed by atoms with Crippen LogP contribution in [0.2, 0.25) is 0 Å². The lowest BCUT2D eigenvalue weighted by Gasteiger charge is -2.05. The molecule has 0 saturated carbocycles. The second kappa shape index (κ2) is 5.01. The number of amides is 1. The third-order valence-electron chi connectivity index (χ3n) is 2.89. The van der Waals surface area contributed by atoms with Crippen molar-refractivity contribution in [3.8, 4) is 0 Å². The molecule has 1 aromatic heterocycles. The highest BCUT2D eigenvalue weighted by Gasteiger charge is 2.12. The lowest BCUT2D eigenvalue weighted by molar-refractivity contribution is 0.0997. The summed E-state index contributed by atoms with van der Waals surface area (Å²) < 4.78 is 5.46. The fourth-order valence-corrected chi connectivity index (χ4v) is 1.93. The quantitative estimate of drug-likeness (QED) is 0.774. The van der Waals surface area contributed by atoms with Gasteiger partial charge in [-0.3, -0.25) is 9.59 Å². The molecule has 0 saturated heterocycles. The van der Waals surface area contributed by atoms with Crippen molar-refractivity contribution < 1.29 is 9.21 Å². The molecule has 0 aliphatic carbocycles. The molecule has 2 aromatic carbocycles. The third kappa shape index (κ3) is 2.31. The maximum Gasteiger partial charge on any atom is 0.291 e. The van der Waals surface area contributed by atoms with E-state index in [-0.39, 0.29) is 11.2 Å². The number of fused-ring (bicyclic) bond motifs is 1. The minimum atomic E-state index is -0.445. The summed E-state index contributed by atoms with van der Waals surface area (Å²) in [5, 5.41) is 3.14. The normalized spacial score (nSPS) is 10.4. The number of rotatable bonds is 2. The predicted octanol–water partition coefficient (Wildman–Crippen LogP) is 3.05. The summed E-state index contributed by atoms with van der Waals surface area (Å²) in [6.45, 7) is 0. The lowest BCUT2D eigenvalue weighted by atomic mass is 10.2. The van der Waals surface area contributed by atoms with Crippen molar-refractivity contribution in [2.45, 2.75) is 0 Å². The largest absolute Gasteiger partial charge is 0.451 e. The first-order chi connectivity index (χ1) is 9.74. The van der Waals surface area contributed by atoms with Crippen molar-refractivity contribution in [3.63, 3.8) is 0 Å². The summed E-state index contributed by atoms with van der Waals surface area (Å²) >= 11 is 0. The molecule has 20 heavy (non-hydrogen) atoms. The summed E-state index contributed by atoms with van der Waals surface area (Å²) in [7, 11) is 0. The average molecular weight is 265 g/mol. The first-order valence-corrected chi connectivity index (χ1v) is 6.13. The monoisotopic (exact) mass is 265 g/mol.